The number of aromatic carboxylic acids is 1. The Kier molecular flexibility index (Phi) is 4.54. The first kappa shape index (κ1) is 15.0. The van der Waals surface area contributed by atoms with Crippen molar-refractivity contribution in [3.63, 3.8) is 0 Å². The number of nitrogens with zero attached hydrogens (tertiary/aromatic N) is 1. The SMILES string of the molecule is Cc1ccc(C(C)NC(=O)Nc2ccc(C(=O)O)nc2)s1. The summed E-state index contributed by atoms with van der Waals surface area (Å²) < 4.78 is 0. The van der Waals surface area contributed by atoms with E-state index in [0.717, 1.165) is 4.88 Å². The van der Waals surface area contributed by atoms with Crippen LogP contribution in [-0.4, -0.2) is 22.1 Å². The molecule has 2 aromatic rings. The third-order valence-electron chi connectivity index (χ3n) is 2.78. The van der Waals surface area contributed by atoms with E-state index in [2.05, 4.69) is 15.6 Å². The first-order valence-electron chi connectivity index (χ1n) is 6.29. The fourth-order valence-corrected chi connectivity index (χ4v) is 2.60. The molecular formula is C14H15N3O3S. The average Bonchev–Trinajstić information content (AvgIpc) is 2.86. The van der Waals surface area contributed by atoms with Crippen LogP contribution in [0.2, 0.25) is 0 Å². The van der Waals surface area contributed by atoms with Gasteiger partial charge in [0.2, 0.25) is 0 Å². The van der Waals surface area contributed by atoms with Gasteiger partial charge in [0.25, 0.3) is 0 Å². The maximum atomic E-state index is 11.9. The predicted molar refractivity (Wildman–Crippen MR) is 80.8 cm³/mol. The number of hydrogen-bond acceptors (Lipinski definition) is 4. The Morgan fingerprint density at radius 1 is 1.29 bits per heavy atom. The van der Waals surface area contributed by atoms with Crippen LogP contribution in [0, 0.1) is 6.92 Å². The molecule has 0 aliphatic heterocycles. The van der Waals surface area contributed by atoms with Gasteiger partial charge in [0.15, 0.2) is 0 Å². The molecule has 2 rings (SSSR count). The summed E-state index contributed by atoms with van der Waals surface area (Å²) in [5.41, 5.74) is 0.371. The van der Waals surface area contributed by atoms with Crippen LogP contribution in [0.5, 0.6) is 0 Å². The summed E-state index contributed by atoms with van der Waals surface area (Å²) in [6.45, 7) is 3.91. The second kappa shape index (κ2) is 6.36. The second-order valence-electron chi connectivity index (χ2n) is 4.51. The van der Waals surface area contributed by atoms with Crippen LogP contribution < -0.4 is 10.6 Å². The lowest BCUT2D eigenvalue weighted by Crippen LogP contribution is -2.30. The van der Waals surface area contributed by atoms with Gasteiger partial charge in [-0.15, -0.1) is 11.3 Å². The summed E-state index contributed by atoms with van der Waals surface area (Å²) >= 11 is 1.63. The summed E-state index contributed by atoms with van der Waals surface area (Å²) in [6.07, 6.45) is 1.31. The molecule has 0 saturated heterocycles. The van der Waals surface area contributed by atoms with Crippen LogP contribution in [0.1, 0.15) is 33.2 Å². The molecule has 1 atom stereocenters. The molecule has 2 heterocycles. The van der Waals surface area contributed by atoms with Crippen molar-refractivity contribution in [1.29, 1.82) is 0 Å². The minimum absolute atomic E-state index is 0.0663. The normalized spacial score (nSPS) is 11.7. The number of carbonyl (C=O) groups is 2. The van der Waals surface area contributed by atoms with Crippen molar-refractivity contribution >= 4 is 29.0 Å². The number of thiophene rings is 1. The van der Waals surface area contributed by atoms with Crippen molar-refractivity contribution < 1.29 is 14.7 Å². The molecule has 2 amide bonds. The number of carbonyl (C=O) groups excluding carboxylic acids is 1. The molecule has 3 N–H and O–H groups in total. The quantitative estimate of drug-likeness (QED) is 0.809. The van der Waals surface area contributed by atoms with Crippen LogP contribution >= 0.6 is 11.3 Å². The highest BCUT2D eigenvalue weighted by Crippen LogP contribution is 2.22. The molecule has 0 aliphatic rings. The number of aryl methyl sites for hydroxylation is 1. The molecular weight excluding hydrogens is 290 g/mol. The number of anilines is 1. The van der Waals surface area contributed by atoms with Crippen molar-refractivity contribution in [1.82, 2.24) is 10.3 Å². The number of carboxylic acids is 1. The van der Waals surface area contributed by atoms with Crippen molar-refractivity contribution in [2.24, 2.45) is 0 Å². The highest BCUT2D eigenvalue weighted by Gasteiger charge is 2.11. The average molecular weight is 305 g/mol. The third-order valence-corrected chi connectivity index (χ3v) is 3.96. The minimum Gasteiger partial charge on any atom is -0.477 e. The molecule has 0 spiro atoms. The Balaban J connectivity index is 1.93. The smallest absolute Gasteiger partial charge is 0.354 e. The Labute approximate surface area is 125 Å². The van der Waals surface area contributed by atoms with Crippen molar-refractivity contribution in [2.75, 3.05) is 5.32 Å². The largest absolute Gasteiger partial charge is 0.477 e. The zero-order chi connectivity index (χ0) is 15.4. The van der Waals surface area contributed by atoms with E-state index in [1.54, 1.807) is 11.3 Å². The van der Waals surface area contributed by atoms with E-state index in [1.807, 2.05) is 26.0 Å². The lowest BCUT2D eigenvalue weighted by Gasteiger charge is -2.13. The molecule has 0 bridgehead atoms. The zero-order valence-corrected chi connectivity index (χ0v) is 12.4. The Morgan fingerprint density at radius 3 is 2.57 bits per heavy atom. The lowest BCUT2D eigenvalue weighted by molar-refractivity contribution is 0.0690. The molecule has 0 aromatic carbocycles. The Morgan fingerprint density at radius 2 is 2.05 bits per heavy atom. The number of amides is 2. The summed E-state index contributed by atoms with van der Waals surface area (Å²) in [6, 6.07) is 6.35. The fraction of sp³-hybridized carbons (Fsp3) is 0.214. The molecule has 21 heavy (non-hydrogen) atoms. The van der Waals surface area contributed by atoms with E-state index in [4.69, 9.17) is 5.11 Å². The van der Waals surface area contributed by atoms with Gasteiger partial charge in [-0.2, -0.15) is 0 Å². The number of aromatic nitrogens is 1. The molecule has 7 heteroatoms. The van der Waals surface area contributed by atoms with Crippen LogP contribution in [0.3, 0.4) is 0 Å². The van der Waals surface area contributed by atoms with Crippen molar-refractivity contribution in [3.8, 4) is 0 Å². The van der Waals surface area contributed by atoms with Gasteiger partial charge in [-0.3, -0.25) is 0 Å². The first-order valence-corrected chi connectivity index (χ1v) is 7.10. The molecule has 110 valence electrons. The number of urea groups is 1. The monoisotopic (exact) mass is 305 g/mol. The Hall–Kier alpha value is -2.41. The van der Waals surface area contributed by atoms with Crippen LogP contribution in [0.25, 0.3) is 0 Å². The van der Waals surface area contributed by atoms with Gasteiger partial charge in [0.05, 0.1) is 17.9 Å². The number of nitrogens with one attached hydrogen (secondary N) is 2. The van der Waals surface area contributed by atoms with Crippen molar-refractivity contribution in [2.45, 2.75) is 19.9 Å². The topological polar surface area (TPSA) is 91.3 Å². The molecule has 0 saturated carbocycles. The fourth-order valence-electron chi connectivity index (χ4n) is 1.72. The van der Waals surface area contributed by atoms with E-state index >= 15 is 0 Å². The highest BCUT2D eigenvalue weighted by molar-refractivity contribution is 7.12. The number of pyridine rings is 1. The summed E-state index contributed by atoms with van der Waals surface area (Å²) in [5.74, 6) is -1.10. The van der Waals surface area contributed by atoms with Gasteiger partial charge >= 0.3 is 12.0 Å². The van der Waals surface area contributed by atoms with Gasteiger partial charge < -0.3 is 15.7 Å². The number of hydrogen-bond donors (Lipinski definition) is 3. The van der Waals surface area contributed by atoms with Crippen LogP contribution in [0.4, 0.5) is 10.5 Å². The molecule has 1 unspecified atom stereocenters. The molecule has 2 aromatic heterocycles. The lowest BCUT2D eigenvalue weighted by atomic mass is 10.3. The van der Waals surface area contributed by atoms with Gasteiger partial charge in [0, 0.05) is 9.75 Å². The summed E-state index contributed by atoms with van der Waals surface area (Å²) in [7, 11) is 0. The maximum Gasteiger partial charge on any atom is 0.354 e. The van der Waals surface area contributed by atoms with E-state index in [0.29, 0.717) is 5.69 Å². The molecule has 0 radical (unpaired) electrons. The summed E-state index contributed by atoms with van der Waals surface area (Å²) in [4.78, 5) is 28.5. The van der Waals surface area contributed by atoms with E-state index < -0.39 is 5.97 Å². The molecule has 0 fully saturated rings. The van der Waals surface area contributed by atoms with E-state index in [9.17, 15) is 9.59 Å². The molecule has 0 aliphatic carbocycles. The van der Waals surface area contributed by atoms with Gasteiger partial charge in [-0.1, -0.05) is 0 Å². The predicted octanol–water partition coefficient (Wildman–Crippen LogP) is 3.03. The van der Waals surface area contributed by atoms with Gasteiger partial charge in [0.1, 0.15) is 5.69 Å². The van der Waals surface area contributed by atoms with Crippen LogP contribution in [0.15, 0.2) is 30.5 Å². The highest BCUT2D eigenvalue weighted by atomic mass is 32.1. The van der Waals surface area contributed by atoms with Crippen molar-refractivity contribution in [3.05, 3.63) is 45.9 Å². The molecule has 6 nitrogen and oxygen atoms in total. The van der Waals surface area contributed by atoms with E-state index in [-0.39, 0.29) is 17.8 Å². The standard InChI is InChI=1S/C14H15N3O3S/c1-8-3-6-12(21-8)9(2)16-14(20)17-10-4-5-11(13(18)19)15-7-10/h3-7,9H,1-2H3,(H,18,19)(H2,16,17,20). The zero-order valence-electron chi connectivity index (χ0n) is 11.6. The van der Waals surface area contributed by atoms with Crippen LogP contribution in [-0.2, 0) is 0 Å². The second-order valence-corrected chi connectivity index (χ2v) is 5.83. The number of rotatable bonds is 4. The summed E-state index contributed by atoms with van der Waals surface area (Å²) in [5, 5.41) is 14.2. The first-order chi connectivity index (χ1) is 9.95. The van der Waals surface area contributed by atoms with E-state index in [1.165, 1.54) is 23.2 Å². The number of carboxylic acid groups (broad SMARTS) is 1. The third kappa shape index (κ3) is 4.03. The minimum atomic E-state index is -1.10. The Bertz CT molecular complexity index is 652. The van der Waals surface area contributed by atoms with Gasteiger partial charge in [-0.25, -0.2) is 14.6 Å². The maximum absolute atomic E-state index is 11.9. The van der Waals surface area contributed by atoms with Gasteiger partial charge in [-0.05, 0) is 38.1 Å².